The number of anilines is 2. The van der Waals surface area contributed by atoms with Crippen LogP contribution in [-0.2, 0) is 21.4 Å². The van der Waals surface area contributed by atoms with Crippen molar-refractivity contribution in [3.63, 3.8) is 0 Å². The number of fused-ring (bicyclic) bond motifs is 1. The van der Waals surface area contributed by atoms with E-state index in [2.05, 4.69) is 15.0 Å². The zero-order valence-corrected chi connectivity index (χ0v) is 19.2. The highest BCUT2D eigenvalue weighted by molar-refractivity contribution is 7.92. The molecule has 4 aromatic rings. The van der Waals surface area contributed by atoms with Gasteiger partial charge >= 0.3 is 5.69 Å². The third-order valence-corrected chi connectivity index (χ3v) is 6.62. The molecule has 1 aromatic heterocycles. The number of nitrogens with zero attached hydrogens (tertiary/aromatic N) is 1. The molecule has 1 amide bonds. The Morgan fingerprint density at radius 1 is 0.941 bits per heavy atom. The van der Waals surface area contributed by atoms with Gasteiger partial charge in [0.15, 0.2) is 0 Å². The predicted molar refractivity (Wildman–Crippen MR) is 131 cm³/mol. The number of hydrogen-bond acceptors (Lipinski definition) is 5. The van der Waals surface area contributed by atoms with Crippen LogP contribution in [0.3, 0.4) is 0 Å². The van der Waals surface area contributed by atoms with Crippen LogP contribution in [0.15, 0.2) is 87.3 Å². The molecule has 0 atom stereocenters. The Kier molecular flexibility index (Phi) is 6.53. The molecule has 0 saturated heterocycles. The summed E-state index contributed by atoms with van der Waals surface area (Å²) in [6, 6.07) is 18.6. The normalized spacial score (nSPS) is 11.3. The first kappa shape index (κ1) is 23.3. The fraction of sp³-hybridized carbons (Fsp3) is 0.0870. The zero-order valence-electron chi connectivity index (χ0n) is 17.6. The number of carbonyl (C=O) groups is 1. The van der Waals surface area contributed by atoms with E-state index in [1.54, 1.807) is 42.5 Å². The number of para-hydroxylation sites is 1. The first-order valence-corrected chi connectivity index (χ1v) is 12.0. The van der Waals surface area contributed by atoms with Gasteiger partial charge in [0.25, 0.3) is 15.6 Å². The maximum Gasteiger partial charge on any atom is 0.328 e. The molecule has 11 heteroatoms. The van der Waals surface area contributed by atoms with Gasteiger partial charge in [-0.3, -0.25) is 23.9 Å². The Hall–Kier alpha value is -3.89. The molecule has 0 radical (unpaired) electrons. The predicted octanol–water partition coefficient (Wildman–Crippen LogP) is 3.17. The molecule has 34 heavy (non-hydrogen) atoms. The Bertz CT molecular complexity index is 1590. The fourth-order valence-corrected chi connectivity index (χ4v) is 4.60. The van der Waals surface area contributed by atoms with Gasteiger partial charge in [0, 0.05) is 29.4 Å². The van der Waals surface area contributed by atoms with Crippen LogP contribution in [0.2, 0.25) is 5.02 Å². The minimum Gasteiger partial charge on any atom is -0.326 e. The summed E-state index contributed by atoms with van der Waals surface area (Å²) in [4.78, 5) is 38.9. The molecular formula is C23H19ClN4O5S. The molecule has 0 aliphatic carbocycles. The molecule has 0 unspecified atom stereocenters. The average molecular weight is 499 g/mol. The smallest absolute Gasteiger partial charge is 0.326 e. The van der Waals surface area contributed by atoms with E-state index in [1.807, 2.05) is 0 Å². The second kappa shape index (κ2) is 9.54. The first-order chi connectivity index (χ1) is 16.2. The topological polar surface area (TPSA) is 130 Å². The number of aromatic amines is 1. The van der Waals surface area contributed by atoms with Gasteiger partial charge in [-0.15, -0.1) is 0 Å². The van der Waals surface area contributed by atoms with Crippen LogP contribution in [0.5, 0.6) is 0 Å². The van der Waals surface area contributed by atoms with Crippen LogP contribution in [-0.4, -0.2) is 23.9 Å². The molecule has 1 heterocycles. The summed E-state index contributed by atoms with van der Waals surface area (Å²) in [5.74, 6) is -0.428. The highest BCUT2D eigenvalue weighted by Crippen LogP contribution is 2.21. The molecule has 0 aliphatic heterocycles. The second-order valence-corrected chi connectivity index (χ2v) is 9.49. The first-order valence-electron chi connectivity index (χ1n) is 10.1. The van der Waals surface area contributed by atoms with Gasteiger partial charge in [-0.1, -0.05) is 29.8 Å². The zero-order chi connectivity index (χ0) is 24.3. The van der Waals surface area contributed by atoms with Crippen LogP contribution in [0, 0.1) is 0 Å². The third kappa shape index (κ3) is 5.19. The lowest BCUT2D eigenvalue weighted by Gasteiger charge is -2.11. The summed E-state index contributed by atoms with van der Waals surface area (Å²) in [6.45, 7) is 0.0259. The minimum atomic E-state index is -3.90. The lowest BCUT2D eigenvalue weighted by molar-refractivity contribution is -0.116. The van der Waals surface area contributed by atoms with E-state index >= 15 is 0 Å². The monoisotopic (exact) mass is 498 g/mol. The second-order valence-electron chi connectivity index (χ2n) is 7.37. The lowest BCUT2D eigenvalue weighted by atomic mass is 10.2. The molecule has 0 spiro atoms. The maximum absolute atomic E-state index is 12.7. The van der Waals surface area contributed by atoms with Crippen molar-refractivity contribution in [3.05, 3.63) is 98.7 Å². The van der Waals surface area contributed by atoms with Crippen molar-refractivity contribution >= 4 is 49.8 Å². The third-order valence-electron chi connectivity index (χ3n) is 4.99. The van der Waals surface area contributed by atoms with E-state index in [0.29, 0.717) is 21.6 Å². The standard InChI is InChI=1S/C23H19ClN4O5S/c24-15-8-10-16(11-9-15)27-34(32,33)18-5-3-4-17(14-18)25-21(29)12-13-28-20-7-2-1-6-19(20)22(30)26-23(28)31/h1-11,14,27H,12-13H2,(H,25,29)(H,26,30,31). The fourth-order valence-electron chi connectivity index (χ4n) is 3.37. The van der Waals surface area contributed by atoms with Gasteiger partial charge in [0.1, 0.15) is 0 Å². The SMILES string of the molecule is O=C(CCn1c(=O)[nH]c(=O)c2ccccc21)Nc1cccc(S(=O)(=O)Nc2ccc(Cl)cc2)c1. The summed E-state index contributed by atoms with van der Waals surface area (Å²) < 4.78 is 29.2. The Morgan fingerprint density at radius 3 is 2.44 bits per heavy atom. The van der Waals surface area contributed by atoms with Gasteiger partial charge < -0.3 is 5.32 Å². The van der Waals surface area contributed by atoms with Crippen LogP contribution in [0.25, 0.3) is 10.9 Å². The molecule has 174 valence electrons. The number of aryl methyl sites for hydroxylation is 1. The van der Waals surface area contributed by atoms with E-state index in [9.17, 15) is 22.8 Å². The van der Waals surface area contributed by atoms with Gasteiger partial charge in [0.05, 0.1) is 15.8 Å². The molecular weight excluding hydrogens is 480 g/mol. The van der Waals surface area contributed by atoms with Crippen molar-refractivity contribution in [2.75, 3.05) is 10.0 Å². The van der Waals surface area contributed by atoms with Gasteiger partial charge in [-0.05, 0) is 54.6 Å². The summed E-state index contributed by atoms with van der Waals surface area (Å²) in [7, 11) is -3.90. The maximum atomic E-state index is 12.7. The van der Waals surface area contributed by atoms with E-state index in [-0.39, 0.29) is 23.5 Å². The van der Waals surface area contributed by atoms with Gasteiger partial charge in [0.2, 0.25) is 5.91 Å². The van der Waals surface area contributed by atoms with Crippen molar-refractivity contribution in [2.24, 2.45) is 0 Å². The summed E-state index contributed by atoms with van der Waals surface area (Å²) in [6.07, 6.45) is -0.0735. The average Bonchev–Trinajstić information content (AvgIpc) is 2.80. The van der Waals surface area contributed by atoms with Crippen molar-refractivity contribution in [1.29, 1.82) is 0 Å². The number of benzene rings is 3. The molecule has 0 saturated carbocycles. The Balaban J connectivity index is 1.47. The van der Waals surface area contributed by atoms with Crippen LogP contribution >= 0.6 is 11.6 Å². The molecule has 0 aliphatic rings. The van der Waals surface area contributed by atoms with Crippen LogP contribution in [0.1, 0.15) is 6.42 Å². The van der Waals surface area contributed by atoms with Crippen molar-refractivity contribution < 1.29 is 13.2 Å². The molecule has 3 N–H and O–H groups in total. The number of amides is 1. The van der Waals surface area contributed by atoms with E-state index in [1.165, 1.54) is 34.9 Å². The Labute approximate surface area is 199 Å². The highest BCUT2D eigenvalue weighted by atomic mass is 35.5. The summed E-state index contributed by atoms with van der Waals surface area (Å²) in [5, 5.41) is 3.46. The molecule has 0 fully saturated rings. The van der Waals surface area contributed by atoms with Crippen molar-refractivity contribution in [1.82, 2.24) is 9.55 Å². The Morgan fingerprint density at radius 2 is 1.68 bits per heavy atom. The number of sulfonamides is 1. The van der Waals surface area contributed by atoms with Crippen molar-refractivity contribution in [3.8, 4) is 0 Å². The van der Waals surface area contributed by atoms with E-state index < -0.39 is 27.2 Å². The van der Waals surface area contributed by atoms with Gasteiger partial charge in [-0.25, -0.2) is 13.2 Å². The number of halogens is 1. The highest BCUT2D eigenvalue weighted by Gasteiger charge is 2.16. The number of aromatic nitrogens is 2. The quantitative estimate of drug-likeness (QED) is 0.360. The van der Waals surface area contributed by atoms with E-state index in [0.717, 1.165) is 0 Å². The number of carbonyl (C=O) groups excluding carboxylic acids is 1. The number of nitrogens with one attached hydrogen (secondary N) is 3. The molecule has 4 rings (SSSR count). The van der Waals surface area contributed by atoms with E-state index in [4.69, 9.17) is 11.6 Å². The number of hydrogen-bond donors (Lipinski definition) is 3. The van der Waals surface area contributed by atoms with Crippen molar-refractivity contribution in [2.45, 2.75) is 17.9 Å². The van der Waals surface area contributed by atoms with Crippen LogP contribution in [0.4, 0.5) is 11.4 Å². The lowest BCUT2D eigenvalue weighted by Crippen LogP contribution is -2.31. The number of H-pyrrole nitrogens is 1. The number of rotatable bonds is 7. The van der Waals surface area contributed by atoms with Gasteiger partial charge in [-0.2, -0.15) is 0 Å². The summed E-state index contributed by atoms with van der Waals surface area (Å²) >= 11 is 5.83. The largest absolute Gasteiger partial charge is 0.328 e. The molecule has 3 aromatic carbocycles. The minimum absolute atomic E-state index is 0.0259. The van der Waals surface area contributed by atoms with Crippen LogP contribution < -0.4 is 21.3 Å². The molecule has 9 nitrogen and oxygen atoms in total. The molecule has 0 bridgehead atoms. The summed E-state index contributed by atoms with van der Waals surface area (Å²) in [5.41, 5.74) is -0.0603.